The minimum atomic E-state index is -1.08. The van der Waals surface area contributed by atoms with E-state index in [2.05, 4.69) is 24.5 Å². The van der Waals surface area contributed by atoms with Gasteiger partial charge >= 0.3 is 6.09 Å². The van der Waals surface area contributed by atoms with Crippen molar-refractivity contribution in [3.8, 4) is 0 Å². The summed E-state index contributed by atoms with van der Waals surface area (Å²) in [6.07, 6.45) is 2.28. The molecule has 10 nitrogen and oxygen atoms in total. The topological polar surface area (TPSA) is 148 Å². The van der Waals surface area contributed by atoms with Crippen LogP contribution < -0.4 is 16.4 Å². The van der Waals surface area contributed by atoms with E-state index in [0.717, 1.165) is 19.3 Å². The number of alkyl carbamates (subject to hydrolysis) is 1. The highest BCUT2D eigenvalue weighted by atomic mass is 16.6. The number of nitrogens with two attached hydrogens (primary N) is 1. The standard InChI is InChI=1S/C28H46N4O6/c1-14(2)15(3)38-26(37)31-22(27(4,5)6)25(36)32-13-17-19(28(17,7)8)20(32)24(35)30-18(21(33)23(29)34)12-16-10-9-11-16/h14-20,22H,9-13H2,1-8H3,(H2,29,34)(H,30,35)(H,31,37). The fraction of sp³-hybridized carbons (Fsp3) is 0.821. The van der Waals surface area contributed by atoms with E-state index >= 15 is 0 Å². The van der Waals surface area contributed by atoms with Gasteiger partial charge < -0.3 is 26.0 Å². The Labute approximate surface area is 226 Å². The number of nitrogens with one attached hydrogen (secondary N) is 2. The van der Waals surface area contributed by atoms with Crippen molar-refractivity contribution in [2.75, 3.05) is 6.54 Å². The van der Waals surface area contributed by atoms with Gasteiger partial charge in [0, 0.05) is 6.54 Å². The molecule has 0 aromatic rings. The van der Waals surface area contributed by atoms with Crippen LogP contribution in [0.15, 0.2) is 0 Å². The minimum absolute atomic E-state index is 0.0898. The Morgan fingerprint density at radius 2 is 1.66 bits per heavy atom. The molecule has 1 heterocycles. The normalized spacial score (nSPS) is 26.4. The number of hydrogen-bond donors (Lipinski definition) is 3. The van der Waals surface area contributed by atoms with Crippen LogP contribution in [0.3, 0.4) is 0 Å². The zero-order chi connectivity index (χ0) is 28.7. The number of primary amides is 1. The molecule has 38 heavy (non-hydrogen) atoms. The third kappa shape index (κ3) is 6.15. The first-order chi connectivity index (χ1) is 17.5. The fourth-order valence-corrected chi connectivity index (χ4v) is 5.81. The molecule has 6 atom stereocenters. The lowest BCUT2D eigenvalue weighted by atomic mass is 9.80. The lowest BCUT2D eigenvalue weighted by molar-refractivity contribution is -0.145. The van der Waals surface area contributed by atoms with Gasteiger partial charge in [-0.2, -0.15) is 0 Å². The molecule has 3 aliphatic rings. The predicted octanol–water partition coefficient (Wildman–Crippen LogP) is 2.38. The maximum absolute atomic E-state index is 13.9. The molecule has 10 heteroatoms. The lowest BCUT2D eigenvalue weighted by Gasteiger charge is -2.38. The van der Waals surface area contributed by atoms with Crippen molar-refractivity contribution in [2.45, 2.75) is 105 Å². The third-order valence-corrected chi connectivity index (χ3v) is 9.04. The second-order valence-electron chi connectivity index (χ2n) is 13.5. The number of piperidine rings is 1. The molecule has 2 aliphatic carbocycles. The molecule has 2 saturated carbocycles. The average Bonchev–Trinajstić information content (AvgIpc) is 3.10. The Hall–Kier alpha value is -2.65. The Balaban J connectivity index is 1.82. The summed E-state index contributed by atoms with van der Waals surface area (Å²) >= 11 is 0. The van der Waals surface area contributed by atoms with Gasteiger partial charge in [0.15, 0.2) is 0 Å². The Kier molecular flexibility index (Phi) is 8.53. The van der Waals surface area contributed by atoms with E-state index in [4.69, 9.17) is 10.5 Å². The summed E-state index contributed by atoms with van der Waals surface area (Å²) in [7, 11) is 0. The Morgan fingerprint density at radius 1 is 1.05 bits per heavy atom. The van der Waals surface area contributed by atoms with E-state index in [-0.39, 0.29) is 41.1 Å². The number of Topliss-reactive ketones (excluding diaryl/α,β-unsaturated/α-hetero) is 1. The third-order valence-electron chi connectivity index (χ3n) is 9.04. The molecule has 0 aromatic heterocycles. The number of nitrogens with zero attached hydrogens (tertiary/aromatic N) is 1. The summed E-state index contributed by atoms with van der Waals surface area (Å²) < 4.78 is 5.46. The first-order valence-corrected chi connectivity index (χ1v) is 13.9. The van der Waals surface area contributed by atoms with Crippen molar-refractivity contribution in [2.24, 2.45) is 40.2 Å². The second kappa shape index (κ2) is 10.8. The number of ether oxygens (including phenoxy) is 1. The molecule has 3 fully saturated rings. The number of fused-ring (bicyclic) bond motifs is 1. The van der Waals surface area contributed by atoms with Gasteiger partial charge in [0.2, 0.25) is 17.6 Å². The molecule has 0 aromatic carbocycles. The summed E-state index contributed by atoms with van der Waals surface area (Å²) in [5.41, 5.74) is 4.48. The summed E-state index contributed by atoms with van der Waals surface area (Å²) in [4.78, 5) is 66.1. The van der Waals surface area contributed by atoms with Crippen molar-refractivity contribution in [3.63, 3.8) is 0 Å². The first-order valence-electron chi connectivity index (χ1n) is 13.9. The molecule has 0 bridgehead atoms. The first kappa shape index (κ1) is 29.9. The van der Waals surface area contributed by atoms with Gasteiger partial charge in [-0.3, -0.25) is 19.2 Å². The molecule has 214 valence electrons. The Bertz CT molecular complexity index is 967. The fourth-order valence-electron chi connectivity index (χ4n) is 5.81. The quantitative estimate of drug-likeness (QED) is 0.367. The highest BCUT2D eigenvalue weighted by molar-refractivity contribution is 6.37. The van der Waals surface area contributed by atoms with Crippen molar-refractivity contribution >= 4 is 29.6 Å². The van der Waals surface area contributed by atoms with Crippen molar-refractivity contribution in [1.82, 2.24) is 15.5 Å². The second-order valence-corrected chi connectivity index (χ2v) is 13.5. The summed E-state index contributed by atoms with van der Waals surface area (Å²) in [6.45, 7) is 15.7. The lowest BCUT2D eigenvalue weighted by Crippen LogP contribution is -2.60. The molecule has 1 saturated heterocycles. The Morgan fingerprint density at radius 3 is 2.13 bits per heavy atom. The minimum Gasteiger partial charge on any atom is -0.446 e. The molecule has 1 aliphatic heterocycles. The van der Waals surface area contributed by atoms with Gasteiger partial charge in [-0.05, 0) is 47.8 Å². The molecule has 0 radical (unpaired) electrons. The van der Waals surface area contributed by atoms with E-state index < -0.39 is 47.2 Å². The molecular formula is C28H46N4O6. The maximum atomic E-state index is 13.9. The monoisotopic (exact) mass is 534 g/mol. The number of rotatable bonds is 10. The van der Waals surface area contributed by atoms with Crippen LogP contribution in [-0.4, -0.2) is 65.3 Å². The number of amides is 4. The number of hydrogen-bond acceptors (Lipinski definition) is 6. The van der Waals surface area contributed by atoms with Crippen LogP contribution in [0.2, 0.25) is 0 Å². The van der Waals surface area contributed by atoms with Crippen LogP contribution in [0.25, 0.3) is 0 Å². The van der Waals surface area contributed by atoms with Gasteiger partial charge in [0.05, 0.1) is 6.04 Å². The van der Waals surface area contributed by atoms with Crippen LogP contribution in [0.5, 0.6) is 0 Å². The zero-order valence-electron chi connectivity index (χ0n) is 24.1. The van der Waals surface area contributed by atoms with E-state index in [9.17, 15) is 24.0 Å². The number of carbonyl (C=O) groups excluding carboxylic acids is 5. The maximum Gasteiger partial charge on any atom is 0.408 e. The summed E-state index contributed by atoms with van der Waals surface area (Å²) in [6, 6.07) is -2.75. The highest BCUT2D eigenvalue weighted by Gasteiger charge is 2.70. The zero-order valence-corrected chi connectivity index (χ0v) is 24.1. The van der Waals surface area contributed by atoms with E-state index in [1.54, 1.807) is 6.92 Å². The molecule has 0 spiro atoms. The highest BCUT2D eigenvalue weighted by Crippen LogP contribution is 2.65. The van der Waals surface area contributed by atoms with Crippen LogP contribution >= 0.6 is 0 Å². The van der Waals surface area contributed by atoms with Crippen LogP contribution in [0.1, 0.15) is 81.1 Å². The van der Waals surface area contributed by atoms with Gasteiger partial charge in [-0.15, -0.1) is 0 Å². The smallest absolute Gasteiger partial charge is 0.408 e. The van der Waals surface area contributed by atoms with Crippen LogP contribution in [0.4, 0.5) is 4.79 Å². The number of ketones is 1. The van der Waals surface area contributed by atoms with E-state index in [0.29, 0.717) is 13.0 Å². The number of likely N-dealkylation sites (tertiary alicyclic amines) is 1. The van der Waals surface area contributed by atoms with E-state index in [1.165, 1.54) is 4.90 Å². The SMILES string of the molecule is CC(C)C(C)OC(=O)NC(C(=O)N1CC2C(C1C(=O)NC(CC1CCC1)C(=O)C(N)=O)C2(C)C)C(C)(C)C. The van der Waals surface area contributed by atoms with Gasteiger partial charge in [0.1, 0.15) is 18.2 Å². The van der Waals surface area contributed by atoms with Gasteiger partial charge in [0.25, 0.3) is 5.91 Å². The molecule has 4 amide bonds. The molecule has 4 N–H and O–H groups in total. The van der Waals surface area contributed by atoms with Crippen molar-refractivity contribution in [3.05, 3.63) is 0 Å². The molecular weight excluding hydrogens is 488 g/mol. The number of carbonyl (C=O) groups is 5. The van der Waals surface area contributed by atoms with Gasteiger partial charge in [-0.1, -0.05) is 67.7 Å². The summed E-state index contributed by atoms with van der Waals surface area (Å²) in [5, 5.41) is 5.53. The van der Waals surface area contributed by atoms with Crippen molar-refractivity contribution < 1.29 is 28.7 Å². The van der Waals surface area contributed by atoms with Gasteiger partial charge in [-0.25, -0.2) is 4.79 Å². The van der Waals surface area contributed by atoms with Crippen LogP contribution in [-0.2, 0) is 23.9 Å². The molecule has 6 unspecified atom stereocenters. The van der Waals surface area contributed by atoms with E-state index in [1.807, 2.05) is 34.6 Å². The van der Waals surface area contributed by atoms with Crippen LogP contribution in [0, 0.1) is 34.5 Å². The molecule has 3 rings (SSSR count). The average molecular weight is 535 g/mol. The largest absolute Gasteiger partial charge is 0.446 e. The summed E-state index contributed by atoms with van der Waals surface area (Å²) in [5.74, 6) is -2.33. The van der Waals surface area contributed by atoms with Crippen molar-refractivity contribution in [1.29, 1.82) is 0 Å². The predicted molar refractivity (Wildman–Crippen MR) is 142 cm³/mol.